The highest BCUT2D eigenvalue weighted by Crippen LogP contribution is 2.24. The van der Waals surface area contributed by atoms with Crippen LogP contribution in [0.15, 0.2) is 29.0 Å². The van der Waals surface area contributed by atoms with E-state index in [0.717, 1.165) is 9.88 Å². The molecule has 9 heteroatoms. The van der Waals surface area contributed by atoms with Crippen LogP contribution in [0, 0.1) is 6.92 Å². The number of carbonyl (C=O) groups excluding carboxylic acids is 1. The van der Waals surface area contributed by atoms with E-state index in [1.54, 1.807) is 35.9 Å². The molecule has 24 heavy (non-hydrogen) atoms. The highest BCUT2D eigenvalue weighted by molar-refractivity contribution is 7.11. The Morgan fingerprint density at radius 2 is 2.29 bits per heavy atom. The average molecular weight is 346 g/mol. The fourth-order valence-corrected chi connectivity index (χ4v) is 2.90. The van der Waals surface area contributed by atoms with E-state index in [2.05, 4.69) is 30.8 Å². The number of amides is 2. The molecule has 0 aromatic carbocycles. The lowest BCUT2D eigenvalue weighted by Crippen LogP contribution is -2.46. The van der Waals surface area contributed by atoms with Crippen molar-refractivity contribution >= 4 is 17.4 Å². The summed E-state index contributed by atoms with van der Waals surface area (Å²) in [4.78, 5) is 21.8. The molecule has 3 heterocycles. The molecule has 126 valence electrons. The Morgan fingerprint density at radius 3 is 2.96 bits per heavy atom. The van der Waals surface area contributed by atoms with Crippen molar-refractivity contribution < 1.29 is 9.21 Å². The Morgan fingerprint density at radius 1 is 1.46 bits per heavy atom. The van der Waals surface area contributed by atoms with Crippen LogP contribution in [0.1, 0.15) is 29.6 Å². The first-order valence-electron chi connectivity index (χ1n) is 7.38. The molecule has 2 amide bonds. The molecular formula is C15H18N6O2S. The highest BCUT2D eigenvalue weighted by Gasteiger charge is 2.26. The Kier molecular flexibility index (Phi) is 4.34. The summed E-state index contributed by atoms with van der Waals surface area (Å²) in [5.41, 5.74) is -0.552. The maximum atomic E-state index is 12.1. The second-order valence-corrected chi connectivity index (χ2v) is 7.03. The number of thiazole rings is 1. The van der Waals surface area contributed by atoms with Crippen LogP contribution in [-0.4, -0.2) is 26.2 Å². The monoisotopic (exact) mass is 346 g/mol. The highest BCUT2D eigenvalue weighted by atomic mass is 32.1. The Bertz CT molecular complexity index is 821. The molecule has 0 radical (unpaired) electrons. The van der Waals surface area contributed by atoms with Crippen LogP contribution in [0.25, 0.3) is 11.6 Å². The SMILES string of the molecule is Cc1cnc(C(C)(C)NC(=O)NCc2nc(-c3ccco3)n[nH]2)s1. The average Bonchev–Trinajstić information content (AvgIpc) is 3.25. The van der Waals surface area contributed by atoms with Gasteiger partial charge in [-0.05, 0) is 32.9 Å². The Hall–Kier alpha value is -2.68. The number of furan rings is 1. The van der Waals surface area contributed by atoms with Gasteiger partial charge in [-0.15, -0.1) is 16.4 Å². The first-order chi connectivity index (χ1) is 11.4. The smallest absolute Gasteiger partial charge is 0.315 e. The third-order valence-corrected chi connectivity index (χ3v) is 4.51. The predicted molar refractivity (Wildman–Crippen MR) is 89.3 cm³/mol. The van der Waals surface area contributed by atoms with Crippen LogP contribution in [0.4, 0.5) is 4.79 Å². The zero-order valence-electron chi connectivity index (χ0n) is 13.6. The minimum Gasteiger partial charge on any atom is -0.461 e. The normalized spacial score (nSPS) is 11.5. The van der Waals surface area contributed by atoms with Crippen LogP contribution >= 0.6 is 11.3 Å². The van der Waals surface area contributed by atoms with E-state index in [1.165, 1.54) is 0 Å². The maximum absolute atomic E-state index is 12.1. The molecule has 0 aliphatic rings. The molecule has 0 aliphatic carbocycles. The fourth-order valence-electron chi connectivity index (χ4n) is 2.08. The van der Waals surface area contributed by atoms with E-state index in [-0.39, 0.29) is 12.6 Å². The standard InChI is InChI=1S/C15H18N6O2S/c1-9-7-16-13(24-9)15(2,3)19-14(22)17-8-11-18-12(21-20-11)10-5-4-6-23-10/h4-7H,8H2,1-3H3,(H2,17,19,22)(H,18,20,21). The van der Waals surface area contributed by atoms with E-state index in [9.17, 15) is 4.79 Å². The lowest BCUT2D eigenvalue weighted by molar-refractivity contribution is 0.229. The largest absolute Gasteiger partial charge is 0.461 e. The molecule has 0 bridgehead atoms. The minimum absolute atomic E-state index is 0.229. The molecule has 0 aliphatic heterocycles. The molecule has 0 unspecified atom stereocenters. The van der Waals surface area contributed by atoms with E-state index < -0.39 is 5.54 Å². The third-order valence-electron chi connectivity index (χ3n) is 3.27. The first kappa shape index (κ1) is 16.2. The molecule has 0 fully saturated rings. The fraction of sp³-hybridized carbons (Fsp3) is 0.333. The van der Waals surface area contributed by atoms with Gasteiger partial charge in [0.1, 0.15) is 10.8 Å². The summed E-state index contributed by atoms with van der Waals surface area (Å²) >= 11 is 1.56. The summed E-state index contributed by atoms with van der Waals surface area (Å²) < 4.78 is 5.22. The van der Waals surface area contributed by atoms with E-state index in [1.807, 2.05) is 20.8 Å². The number of nitrogens with zero attached hydrogens (tertiary/aromatic N) is 3. The van der Waals surface area contributed by atoms with Crippen LogP contribution < -0.4 is 10.6 Å². The number of aromatic nitrogens is 4. The van der Waals surface area contributed by atoms with Crippen LogP contribution in [0.3, 0.4) is 0 Å². The summed E-state index contributed by atoms with van der Waals surface area (Å²) in [5.74, 6) is 1.57. The molecule has 3 aromatic rings. The lowest BCUT2D eigenvalue weighted by Gasteiger charge is -2.23. The van der Waals surface area contributed by atoms with Gasteiger partial charge in [-0.25, -0.2) is 14.8 Å². The molecule has 3 aromatic heterocycles. The van der Waals surface area contributed by atoms with Gasteiger partial charge in [-0.2, -0.15) is 0 Å². The zero-order valence-corrected chi connectivity index (χ0v) is 14.4. The molecule has 0 saturated carbocycles. The lowest BCUT2D eigenvalue weighted by atomic mass is 10.1. The summed E-state index contributed by atoms with van der Waals surface area (Å²) in [7, 11) is 0. The van der Waals surface area contributed by atoms with Crippen LogP contribution in [0.5, 0.6) is 0 Å². The number of rotatable bonds is 5. The molecule has 8 nitrogen and oxygen atoms in total. The number of hydrogen-bond acceptors (Lipinski definition) is 6. The van der Waals surface area contributed by atoms with Crippen molar-refractivity contribution in [3.8, 4) is 11.6 Å². The minimum atomic E-state index is -0.552. The number of aromatic amines is 1. The van der Waals surface area contributed by atoms with Gasteiger partial charge in [0.25, 0.3) is 0 Å². The summed E-state index contributed by atoms with van der Waals surface area (Å²) in [5, 5.41) is 13.3. The summed E-state index contributed by atoms with van der Waals surface area (Å²) in [6.45, 7) is 6.03. The van der Waals surface area contributed by atoms with E-state index in [4.69, 9.17) is 4.42 Å². The zero-order chi connectivity index (χ0) is 17.2. The van der Waals surface area contributed by atoms with Gasteiger partial charge < -0.3 is 15.1 Å². The molecule has 0 atom stereocenters. The van der Waals surface area contributed by atoms with Gasteiger partial charge in [0.2, 0.25) is 5.82 Å². The number of aryl methyl sites for hydroxylation is 1. The number of carbonyl (C=O) groups is 1. The van der Waals surface area contributed by atoms with Gasteiger partial charge in [-0.3, -0.25) is 5.10 Å². The molecule has 3 N–H and O–H groups in total. The second-order valence-electron chi connectivity index (χ2n) is 5.79. The van der Waals surface area contributed by atoms with Crippen molar-refractivity contribution in [2.24, 2.45) is 0 Å². The van der Waals surface area contributed by atoms with E-state index >= 15 is 0 Å². The molecule has 0 spiro atoms. The topological polar surface area (TPSA) is 109 Å². The van der Waals surface area contributed by atoms with Crippen molar-refractivity contribution in [1.82, 2.24) is 30.8 Å². The second kappa shape index (κ2) is 6.44. The van der Waals surface area contributed by atoms with Gasteiger partial charge in [-0.1, -0.05) is 0 Å². The summed E-state index contributed by atoms with van der Waals surface area (Å²) in [6.07, 6.45) is 3.35. The maximum Gasteiger partial charge on any atom is 0.315 e. The molecule has 0 saturated heterocycles. The first-order valence-corrected chi connectivity index (χ1v) is 8.20. The van der Waals surface area contributed by atoms with E-state index in [0.29, 0.717) is 17.4 Å². The van der Waals surface area contributed by atoms with Gasteiger partial charge in [0.15, 0.2) is 5.76 Å². The van der Waals surface area contributed by atoms with Gasteiger partial charge >= 0.3 is 6.03 Å². The van der Waals surface area contributed by atoms with Crippen molar-refractivity contribution in [1.29, 1.82) is 0 Å². The van der Waals surface area contributed by atoms with Gasteiger partial charge in [0.05, 0.1) is 18.3 Å². The van der Waals surface area contributed by atoms with Crippen molar-refractivity contribution in [2.75, 3.05) is 0 Å². The quantitative estimate of drug-likeness (QED) is 0.658. The summed E-state index contributed by atoms with van der Waals surface area (Å²) in [6, 6.07) is 3.23. The predicted octanol–water partition coefficient (Wildman–Crippen LogP) is 2.56. The van der Waals surface area contributed by atoms with Crippen LogP contribution in [-0.2, 0) is 12.1 Å². The number of hydrogen-bond donors (Lipinski definition) is 3. The van der Waals surface area contributed by atoms with Crippen molar-refractivity contribution in [2.45, 2.75) is 32.9 Å². The Labute approximate surface area is 142 Å². The molecular weight excluding hydrogens is 328 g/mol. The van der Waals surface area contributed by atoms with Crippen molar-refractivity contribution in [3.63, 3.8) is 0 Å². The Balaban J connectivity index is 1.56. The van der Waals surface area contributed by atoms with Gasteiger partial charge in [0, 0.05) is 11.1 Å². The van der Waals surface area contributed by atoms with Crippen molar-refractivity contribution in [3.05, 3.63) is 40.3 Å². The number of urea groups is 1. The molecule has 3 rings (SSSR count). The number of nitrogens with one attached hydrogen (secondary N) is 3. The third kappa shape index (κ3) is 3.62. The van der Waals surface area contributed by atoms with Crippen LogP contribution in [0.2, 0.25) is 0 Å². The number of H-pyrrole nitrogens is 1.